The van der Waals surface area contributed by atoms with Crippen LogP contribution in [0.25, 0.3) is 0 Å². The van der Waals surface area contributed by atoms with Crippen LogP contribution < -0.4 is 4.90 Å². The summed E-state index contributed by atoms with van der Waals surface area (Å²) in [5, 5.41) is 0. The Balaban J connectivity index is 1.86. The standard InChI is InChI=1S/C15H21F2N3O2S/c1-2-23(21,22)20-9-6-15(16,17)14(12-20)5-8-19(11-14)13-4-3-7-18-10-13/h3-4,7,10H,2,5-6,8-9,11-12H2,1H3/t14-/m1/s1. The van der Waals surface area contributed by atoms with Crippen molar-refractivity contribution < 1.29 is 17.2 Å². The van der Waals surface area contributed by atoms with E-state index in [1.54, 1.807) is 25.4 Å². The fourth-order valence-corrected chi connectivity index (χ4v) is 4.72. The van der Waals surface area contributed by atoms with Gasteiger partial charge in [-0.25, -0.2) is 21.5 Å². The third kappa shape index (κ3) is 2.82. The molecule has 2 aliphatic rings. The first-order chi connectivity index (χ1) is 10.8. The molecule has 0 aliphatic carbocycles. The molecule has 1 aromatic rings. The number of anilines is 1. The summed E-state index contributed by atoms with van der Waals surface area (Å²) in [5.74, 6) is -2.91. The Morgan fingerprint density at radius 2 is 2.04 bits per heavy atom. The molecule has 2 saturated heterocycles. The van der Waals surface area contributed by atoms with Crippen LogP contribution in [0.2, 0.25) is 0 Å². The topological polar surface area (TPSA) is 53.5 Å². The molecular formula is C15H21F2N3O2S. The molecule has 0 amide bonds. The number of aromatic nitrogens is 1. The van der Waals surface area contributed by atoms with Crippen LogP contribution >= 0.6 is 0 Å². The van der Waals surface area contributed by atoms with E-state index in [9.17, 15) is 17.2 Å². The van der Waals surface area contributed by atoms with Gasteiger partial charge in [0.2, 0.25) is 10.0 Å². The third-order valence-corrected chi connectivity index (χ3v) is 6.88. The van der Waals surface area contributed by atoms with Crippen molar-refractivity contribution in [3.63, 3.8) is 0 Å². The molecule has 23 heavy (non-hydrogen) atoms. The van der Waals surface area contributed by atoms with Crippen LogP contribution in [0, 0.1) is 5.41 Å². The molecule has 2 aliphatic heterocycles. The molecule has 0 unspecified atom stereocenters. The van der Waals surface area contributed by atoms with Gasteiger partial charge in [-0.1, -0.05) is 0 Å². The van der Waals surface area contributed by atoms with Gasteiger partial charge >= 0.3 is 0 Å². The van der Waals surface area contributed by atoms with Crippen molar-refractivity contribution in [2.24, 2.45) is 5.41 Å². The summed E-state index contributed by atoms with van der Waals surface area (Å²) < 4.78 is 54.8. The predicted molar refractivity (Wildman–Crippen MR) is 84.1 cm³/mol. The molecule has 0 bridgehead atoms. The van der Waals surface area contributed by atoms with Crippen LogP contribution in [0.15, 0.2) is 24.5 Å². The zero-order valence-electron chi connectivity index (χ0n) is 13.1. The van der Waals surface area contributed by atoms with Gasteiger partial charge in [-0.15, -0.1) is 0 Å². The highest BCUT2D eigenvalue weighted by atomic mass is 32.2. The van der Waals surface area contributed by atoms with E-state index >= 15 is 0 Å². The van der Waals surface area contributed by atoms with E-state index in [0.717, 1.165) is 5.69 Å². The van der Waals surface area contributed by atoms with Crippen LogP contribution in [0.3, 0.4) is 0 Å². The monoisotopic (exact) mass is 345 g/mol. The number of halogens is 2. The van der Waals surface area contributed by atoms with Crippen LogP contribution in [-0.4, -0.2) is 55.6 Å². The molecule has 1 spiro atoms. The molecule has 0 radical (unpaired) electrons. The third-order valence-electron chi connectivity index (χ3n) is 5.05. The van der Waals surface area contributed by atoms with Gasteiger partial charge in [0.05, 0.1) is 23.1 Å². The maximum Gasteiger partial charge on any atom is 0.257 e. The number of hydrogen-bond acceptors (Lipinski definition) is 4. The van der Waals surface area contributed by atoms with Crippen molar-refractivity contribution in [3.05, 3.63) is 24.5 Å². The molecule has 0 aromatic carbocycles. The van der Waals surface area contributed by atoms with Crippen molar-refractivity contribution in [1.29, 1.82) is 0 Å². The van der Waals surface area contributed by atoms with E-state index in [2.05, 4.69) is 4.98 Å². The summed E-state index contributed by atoms with van der Waals surface area (Å²) in [4.78, 5) is 5.91. The molecule has 3 heterocycles. The Morgan fingerprint density at radius 1 is 1.26 bits per heavy atom. The van der Waals surface area contributed by atoms with E-state index in [0.29, 0.717) is 6.54 Å². The van der Waals surface area contributed by atoms with E-state index in [4.69, 9.17) is 0 Å². The number of alkyl halides is 2. The lowest BCUT2D eigenvalue weighted by Crippen LogP contribution is -2.58. The molecule has 0 N–H and O–H groups in total. The first-order valence-electron chi connectivity index (χ1n) is 7.80. The van der Waals surface area contributed by atoms with Crippen molar-refractivity contribution in [2.45, 2.75) is 25.7 Å². The largest absolute Gasteiger partial charge is 0.369 e. The predicted octanol–water partition coefficient (Wildman–Crippen LogP) is 1.97. The summed E-state index contributed by atoms with van der Waals surface area (Å²) in [6.45, 7) is 1.98. The van der Waals surface area contributed by atoms with Crippen molar-refractivity contribution in [2.75, 3.05) is 36.8 Å². The molecule has 128 valence electrons. The lowest BCUT2D eigenvalue weighted by atomic mass is 9.76. The van der Waals surface area contributed by atoms with E-state index in [1.165, 1.54) is 4.31 Å². The Hall–Kier alpha value is -1.28. The van der Waals surface area contributed by atoms with Gasteiger partial charge in [-0.05, 0) is 25.5 Å². The second-order valence-electron chi connectivity index (χ2n) is 6.35. The SMILES string of the molecule is CCS(=O)(=O)N1CCC(F)(F)[C@@]2(CCN(c3cccnc3)C2)C1. The fraction of sp³-hybridized carbons (Fsp3) is 0.667. The van der Waals surface area contributed by atoms with E-state index in [1.807, 2.05) is 11.0 Å². The molecule has 1 atom stereocenters. The van der Waals surface area contributed by atoms with E-state index in [-0.39, 0.29) is 31.8 Å². The van der Waals surface area contributed by atoms with Gasteiger partial charge in [0.25, 0.3) is 5.92 Å². The van der Waals surface area contributed by atoms with Gasteiger partial charge < -0.3 is 4.90 Å². The normalized spacial score (nSPS) is 28.4. The molecular weight excluding hydrogens is 324 g/mol. The number of nitrogens with zero attached hydrogens (tertiary/aromatic N) is 3. The van der Waals surface area contributed by atoms with Crippen molar-refractivity contribution in [3.8, 4) is 0 Å². The number of pyridine rings is 1. The number of piperidine rings is 1. The van der Waals surface area contributed by atoms with Crippen LogP contribution in [-0.2, 0) is 10.0 Å². The highest BCUT2D eigenvalue weighted by molar-refractivity contribution is 7.89. The number of rotatable bonds is 3. The zero-order valence-corrected chi connectivity index (χ0v) is 13.9. The Morgan fingerprint density at radius 3 is 2.70 bits per heavy atom. The molecule has 8 heteroatoms. The van der Waals surface area contributed by atoms with Gasteiger partial charge in [0.1, 0.15) is 0 Å². The number of hydrogen-bond donors (Lipinski definition) is 0. The Bertz CT molecular complexity index is 669. The lowest BCUT2D eigenvalue weighted by molar-refractivity contribution is -0.145. The minimum Gasteiger partial charge on any atom is -0.369 e. The summed E-state index contributed by atoms with van der Waals surface area (Å²) in [6.07, 6.45) is 3.17. The lowest BCUT2D eigenvalue weighted by Gasteiger charge is -2.45. The summed E-state index contributed by atoms with van der Waals surface area (Å²) in [7, 11) is -3.45. The summed E-state index contributed by atoms with van der Waals surface area (Å²) in [6, 6.07) is 3.61. The minimum absolute atomic E-state index is 0.0546. The smallest absolute Gasteiger partial charge is 0.257 e. The highest BCUT2D eigenvalue weighted by Crippen LogP contribution is 2.50. The van der Waals surface area contributed by atoms with Gasteiger partial charge in [-0.3, -0.25) is 4.98 Å². The first-order valence-corrected chi connectivity index (χ1v) is 9.41. The van der Waals surface area contributed by atoms with Gasteiger partial charge in [0.15, 0.2) is 0 Å². The maximum atomic E-state index is 14.7. The van der Waals surface area contributed by atoms with Gasteiger partial charge in [-0.2, -0.15) is 0 Å². The Kier molecular flexibility index (Phi) is 4.08. The molecule has 0 saturated carbocycles. The fourth-order valence-electron chi connectivity index (χ4n) is 3.54. The zero-order chi connectivity index (χ0) is 16.7. The van der Waals surface area contributed by atoms with Crippen molar-refractivity contribution in [1.82, 2.24) is 9.29 Å². The summed E-state index contributed by atoms with van der Waals surface area (Å²) in [5.41, 5.74) is -0.515. The van der Waals surface area contributed by atoms with Crippen LogP contribution in [0.1, 0.15) is 19.8 Å². The van der Waals surface area contributed by atoms with Gasteiger partial charge in [0, 0.05) is 38.8 Å². The maximum absolute atomic E-state index is 14.7. The molecule has 2 fully saturated rings. The van der Waals surface area contributed by atoms with E-state index < -0.39 is 27.8 Å². The average Bonchev–Trinajstić information content (AvgIpc) is 2.97. The molecule has 3 rings (SSSR count). The average molecular weight is 345 g/mol. The number of sulfonamides is 1. The Labute approximate surface area is 135 Å². The highest BCUT2D eigenvalue weighted by Gasteiger charge is 2.60. The quantitative estimate of drug-likeness (QED) is 0.840. The van der Waals surface area contributed by atoms with Crippen LogP contribution in [0.5, 0.6) is 0 Å². The van der Waals surface area contributed by atoms with Crippen LogP contribution in [0.4, 0.5) is 14.5 Å². The summed E-state index contributed by atoms with van der Waals surface area (Å²) >= 11 is 0. The molecule has 1 aromatic heterocycles. The minimum atomic E-state index is -3.45. The van der Waals surface area contributed by atoms with Crippen molar-refractivity contribution >= 4 is 15.7 Å². The second-order valence-corrected chi connectivity index (χ2v) is 8.61. The molecule has 5 nitrogen and oxygen atoms in total. The first kappa shape index (κ1) is 16.6. The second kappa shape index (κ2) is 5.66.